The lowest BCUT2D eigenvalue weighted by Crippen LogP contribution is -2.33. The van der Waals surface area contributed by atoms with Crippen LogP contribution < -0.4 is 14.8 Å². The summed E-state index contributed by atoms with van der Waals surface area (Å²) < 4.78 is 10.5. The van der Waals surface area contributed by atoms with E-state index in [2.05, 4.69) is 11.6 Å². The van der Waals surface area contributed by atoms with Gasteiger partial charge in [-0.1, -0.05) is 0 Å². The molecule has 1 saturated heterocycles. The van der Waals surface area contributed by atoms with Crippen LogP contribution in [0.5, 0.6) is 11.5 Å². The number of nitrogens with one attached hydrogen (secondary N) is 1. The van der Waals surface area contributed by atoms with Gasteiger partial charge >= 0.3 is 6.03 Å². The molecule has 0 saturated carbocycles. The Morgan fingerprint density at radius 3 is 3.05 bits per heavy atom. The van der Waals surface area contributed by atoms with Crippen LogP contribution in [0.4, 0.5) is 10.5 Å². The molecule has 0 unspecified atom stereocenters. The molecule has 3 rings (SSSR count). The van der Waals surface area contributed by atoms with E-state index in [1.54, 1.807) is 6.07 Å². The van der Waals surface area contributed by atoms with E-state index in [-0.39, 0.29) is 12.8 Å². The van der Waals surface area contributed by atoms with Crippen molar-refractivity contribution >= 4 is 23.5 Å². The molecule has 2 aliphatic rings. The summed E-state index contributed by atoms with van der Waals surface area (Å²) in [6, 6.07) is 5.39. The molecule has 19 heavy (non-hydrogen) atoms. The van der Waals surface area contributed by atoms with Crippen molar-refractivity contribution in [3.63, 3.8) is 0 Å². The van der Waals surface area contributed by atoms with Crippen LogP contribution in [0.15, 0.2) is 18.2 Å². The first-order valence-corrected chi connectivity index (χ1v) is 7.53. The molecule has 6 heteroatoms. The molecule has 1 fully saturated rings. The summed E-state index contributed by atoms with van der Waals surface area (Å²) in [6.07, 6.45) is 3.15. The summed E-state index contributed by atoms with van der Waals surface area (Å²) in [5.41, 5.74) is 0.738. The Kier molecular flexibility index (Phi) is 3.42. The quantitative estimate of drug-likeness (QED) is 0.903. The summed E-state index contributed by atoms with van der Waals surface area (Å²) in [4.78, 5) is 14.0. The fourth-order valence-electron chi connectivity index (χ4n) is 2.28. The second kappa shape index (κ2) is 5.21. The Bertz CT molecular complexity index is 495. The largest absolute Gasteiger partial charge is 0.454 e. The second-order valence-electron chi connectivity index (χ2n) is 4.59. The maximum Gasteiger partial charge on any atom is 0.321 e. The standard InChI is InChI=1S/C13H16N2O3S/c1-19-10-4-5-15(7-10)13(16)14-9-2-3-11-12(6-9)18-8-17-11/h2-3,6,10H,4-5,7-8H2,1H3,(H,14,16)/t10-/m1/s1. The fraction of sp³-hybridized carbons (Fsp3) is 0.462. The van der Waals surface area contributed by atoms with Crippen molar-refractivity contribution in [2.75, 3.05) is 31.5 Å². The molecule has 1 aromatic carbocycles. The summed E-state index contributed by atoms with van der Waals surface area (Å²) in [5, 5.41) is 3.46. The Morgan fingerprint density at radius 1 is 1.42 bits per heavy atom. The molecule has 5 nitrogen and oxygen atoms in total. The van der Waals surface area contributed by atoms with Crippen molar-refractivity contribution in [3.8, 4) is 11.5 Å². The van der Waals surface area contributed by atoms with E-state index >= 15 is 0 Å². The lowest BCUT2D eigenvalue weighted by molar-refractivity contribution is 0.174. The highest BCUT2D eigenvalue weighted by Crippen LogP contribution is 2.34. The van der Waals surface area contributed by atoms with Crippen molar-refractivity contribution < 1.29 is 14.3 Å². The number of anilines is 1. The first-order chi connectivity index (χ1) is 9.26. The maximum absolute atomic E-state index is 12.1. The molecular formula is C13H16N2O3S. The Balaban J connectivity index is 1.63. The van der Waals surface area contributed by atoms with Gasteiger partial charge in [0.25, 0.3) is 0 Å². The van der Waals surface area contributed by atoms with Gasteiger partial charge in [-0.2, -0.15) is 11.8 Å². The number of carbonyl (C=O) groups is 1. The minimum Gasteiger partial charge on any atom is -0.454 e. The molecule has 0 aromatic heterocycles. The van der Waals surface area contributed by atoms with E-state index in [1.165, 1.54) is 0 Å². The van der Waals surface area contributed by atoms with Gasteiger partial charge in [-0.05, 0) is 24.8 Å². The topological polar surface area (TPSA) is 50.8 Å². The molecule has 0 bridgehead atoms. The Hall–Kier alpha value is -1.56. The van der Waals surface area contributed by atoms with Crippen molar-refractivity contribution in [2.45, 2.75) is 11.7 Å². The van der Waals surface area contributed by atoms with Gasteiger partial charge in [-0.25, -0.2) is 4.79 Å². The van der Waals surface area contributed by atoms with E-state index in [0.717, 1.165) is 30.9 Å². The van der Waals surface area contributed by atoms with Gasteiger partial charge < -0.3 is 19.7 Å². The molecule has 1 atom stereocenters. The van der Waals surface area contributed by atoms with Gasteiger partial charge in [0.2, 0.25) is 6.79 Å². The molecule has 0 radical (unpaired) electrons. The average molecular weight is 280 g/mol. The summed E-state index contributed by atoms with van der Waals surface area (Å²) in [6.45, 7) is 1.88. The van der Waals surface area contributed by atoms with Crippen LogP contribution in [0.2, 0.25) is 0 Å². The van der Waals surface area contributed by atoms with E-state index in [9.17, 15) is 4.79 Å². The Labute approximate surface area is 116 Å². The molecular weight excluding hydrogens is 264 g/mol. The number of hydrogen-bond acceptors (Lipinski definition) is 4. The zero-order valence-corrected chi connectivity index (χ0v) is 11.5. The second-order valence-corrected chi connectivity index (χ2v) is 5.73. The van der Waals surface area contributed by atoms with Crippen LogP contribution >= 0.6 is 11.8 Å². The monoisotopic (exact) mass is 280 g/mol. The third-order valence-corrected chi connectivity index (χ3v) is 4.44. The third-order valence-electron chi connectivity index (χ3n) is 3.39. The minimum absolute atomic E-state index is 0.0459. The van der Waals surface area contributed by atoms with E-state index in [4.69, 9.17) is 9.47 Å². The van der Waals surface area contributed by atoms with E-state index in [1.807, 2.05) is 28.8 Å². The highest BCUT2D eigenvalue weighted by Gasteiger charge is 2.25. The number of hydrogen-bond donors (Lipinski definition) is 1. The SMILES string of the molecule is CS[C@@H]1CCN(C(=O)Nc2ccc3c(c2)OCO3)C1. The highest BCUT2D eigenvalue weighted by atomic mass is 32.2. The van der Waals surface area contributed by atoms with E-state index in [0.29, 0.717) is 11.0 Å². The highest BCUT2D eigenvalue weighted by molar-refractivity contribution is 7.99. The van der Waals surface area contributed by atoms with Crippen LogP contribution in [0.3, 0.4) is 0 Å². The average Bonchev–Trinajstić information content (AvgIpc) is 3.06. The predicted octanol–water partition coefficient (Wildman–Crippen LogP) is 2.38. The first kappa shape index (κ1) is 12.5. The maximum atomic E-state index is 12.1. The lowest BCUT2D eigenvalue weighted by Gasteiger charge is -2.17. The van der Waals surface area contributed by atoms with Crippen LogP contribution in [0.1, 0.15) is 6.42 Å². The minimum atomic E-state index is -0.0459. The fourth-order valence-corrected chi connectivity index (χ4v) is 2.95. The van der Waals surface area contributed by atoms with Crippen LogP contribution in [0.25, 0.3) is 0 Å². The summed E-state index contributed by atoms with van der Waals surface area (Å²) in [7, 11) is 0. The molecule has 2 heterocycles. The van der Waals surface area contributed by atoms with Crippen molar-refractivity contribution in [3.05, 3.63) is 18.2 Å². The number of benzene rings is 1. The number of ether oxygens (including phenoxy) is 2. The number of thioether (sulfide) groups is 1. The lowest BCUT2D eigenvalue weighted by atomic mass is 10.3. The molecule has 2 amide bonds. The number of likely N-dealkylation sites (tertiary alicyclic amines) is 1. The molecule has 1 aromatic rings. The summed E-state index contributed by atoms with van der Waals surface area (Å²) in [5.74, 6) is 1.41. The van der Waals surface area contributed by atoms with Gasteiger partial charge in [-0.3, -0.25) is 0 Å². The van der Waals surface area contributed by atoms with Gasteiger partial charge in [0, 0.05) is 30.1 Å². The number of urea groups is 1. The van der Waals surface area contributed by atoms with Gasteiger partial charge in [0.1, 0.15) is 0 Å². The van der Waals surface area contributed by atoms with Crippen LogP contribution in [-0.2, 0) is 0 Å². The third kappa shape index (κ3) is 2.58. The van der Waals surface area contributed by atoms with Crippen molar-refractivity contribution in [2.24, 2.45) is 0 Å². The number of amides is 2. The predicted molar refractivity (Wildman–Crippen MR) is 75.1 cm³/mol. The molecule has 102 valence electrons. The number of rotatable bonds is 2. The molecule has 0 aliphatic carbocycles. The molecule has 2 aliphatic heterocycles. The van der Waals surface area contributed by atoms with Crippen LogP contribution in [0, 0.1) is 0 Å². The number of nitrogens with zero attached hydrogens (tertiary/aromatic N) is 1. The van der Waals surface area contributed by atoms with Crippen molar-refractivity contribution in [1.29, 1.82) is 0 Å². The van der Waals surface area contributed by atoms with Gasteiger partial charge in [0.15, 0.2) is 11.5 Å². The Morgan fingerprint density at radius 2 is 2.26 bits per heavy atom. The number of fused-ring (bicyclic) bond motifs is 1. The van der Waals surface area contributed by atoms with Gasteiger partial charge in [0.05, 0.1) is 0 Å². The summed E-state index contributed by atoms with van der Waals surface area (Å²) >= 11 is 1.82. The zero-order chi connectivity index (χ0) is 13.2. The normalized spacial score (nSPS) is 20.7. The smallest absolute Gasteiger partial charge is 0.321 e. The zero-order valence-electron chi connectivity index (χ0n) is 10.7. The number of carbonyl (C=O) groups excluding carboxylic acids is 1. The van der Waals surface area contributed by atoms with Crippen LogP contribution in [-0.4, -0.2) is 42.3 Å². The van der Waals surface area contributed by atoms with E-state index < -0.39 is 0 Å². The van der Waals surface area contributed by atoms with Crippen molar-refractivity contribution in [1.82, 2.24) is 4.90 Å². The first-order valence-electron chi connectivity index (χ1n) is 6.24. The molecule has 0 spiro atoms. The molecule has 1 N–H and O–H groups in total. The van der Waals surface area contributed by atoms with Gasteiger partial charge in [-0.15, -0.1) is 0 Å².